The molecule has 3 heteroatoms. The summed E-state index contributed by atoms with van der Waals surface area (Å²) in [4.78, 5) is 9.13. The lowest BCUT2D eigenvalue weighted by atomic mass is 9.97. The fourth-order valence-electron chi connectivity index (χ4n) is 3.80. The van der Waals surface area contributed by atoms with Crippen LogP contribution in [0.3, 0.4) is 0 Å². The second-order valence-corrected chi connectivity index (χ2v) is 8.87. The average molecular weight is 411 g/mol. The van der Waals surface area contributed by atoms with Gasteiger partial charge in [-0.15, -0.1) is 0 Å². The van der Waals surface area contributed by atoms with E-state index in [2.05, 4.69) is 30.7 Å². The van der Waals surface area contributed by atoms with Gasteiger partial charge < -0.3 is 5.11 Å². The molecule has 3 nitrogen and oxygen atoms in total. The van der Waals surface area contributed by atoms with E-state index >= 15 is 0 Å². The molecule has 0 spiro atoms. The Kier molecular flexibility index (Phi) is 11.7. The van der Waals surface area contributed by atoms with Crippen LogP contribution in [0.25, 0.3) is 11.4 Å². The van der Waals surface area contributed by atoms with E-state index < -0.39 is 0 Å². The van der Waals surface area contributed by atoms with Crippen LogP contribution in [0.15, 0.2) is 36.7 Å². The number of unbranched alkanes of at least 4 members (excludes halogenated alkanes) is 6. The van der Waals surface area contributed by atoms with Crippen molar-refractivity contribution < 1.29 is 5.11 Å². The maximum atomic E-state index is 10.5. The van der Waals surface area contributed by atoms with E-state index in [0.29, 0.717) is 0 Å². The molecule has 0 aliphatic rings. The van der Waals surface area contributed by atoms with E-state index in [4.69, 9.17) is 0 Å². The Hall–Kier alpha value is -1.74. The molecule has 0 bridgehead atoms. The molecule has 1 heterocycles. The van der Waals surface area contributed by atoms with Gasteiger partial charge in [0.05, 0.1) is 6.10 Å². The first kappa shape index (κ1) is 24.5. The highest BCUT2D eigenvalue weighted by molar-refractivity contribution is 5.55. The fraction of sp³-hybridized carbons (Fsp3) is 0.630. The van der Waals surface area contributed by atoms with Gasteiger partial charge in [0.1, 0.15) is 0 Å². The number of aliphatic hydroxyl groups excluding tert-OH is 1. The van der Waals surface area contributed by atoms with Crippen LogP contribution in [0.1, 0.15) is 109 Å². The molecule has 0 aliphatic heterocycles. The Labute approximate surface area is 184 Å². The molecule has 1 unspecified atom stereocenters. The van der Waals surface area contributed by atoms with Gasteiger partial charge in [-0.25, -0.2) is 9.97 Å². The van der Waals surface area contributed by atoms with Crippen LogP contribution in [0.5, 0.6) is 0 Å². The Balaban J connectivity index is 1.77. The third-order valence-corrected chi connectivity index (χ3v) is 6.20. The number of benzene rings is 1. The first-order valence-corrected chi connectivity index (χ1v) is 12.2. The van der Waals surface area contributed by atoms with Crippen molar-refractivity contribution in [1.29, 1.82) is 0 Å². The number of aromatic nitrogens is 2. The Morgan fingerprint density at radius 1 is 0.800 bits per heavy atom. The molecule has 0 saturated carbocycles. The summed E-state index contributed by atoms with van der Waals surface area (Å²) in [5.74, 6) is 1.55. The fourth-order valence-corrected chi connectivity index (χ4v) is 3.80. The number of hydrogen-bond donors (Lipinski definition) is 1. The second-order valence-electron chi connectivity index (χ2n) is 8.87. The summed E-state index contributed by atoms with van der Waals surface area (Å²) in [7, 11) is 0. The van der Waals surface area contributed by atoms with Crippen molar-refractivity contribution in [2.75, 3.05) is 0 Å². The number of aliphatic hydroxyl groups is 1. The zero-order valence-corrected chi connectivity index (χ0v) is 19.4. The van der Waals surface area contributed by atoms with Gasteiger partial charge in [0.2, 0.25) is 0 Å². The Bertz CT molecular complexity index is 681. The highest BCUT2D eigenvalue weighted by atomic mass is 16.3. The molecule has 2 atom stereocenters. The van der Waals surface area contributed by atoms with Gasteiger partial charge in [-0.05, 0) is 36.3 Å². The Morgan fingerprint density at radius 3 is 2.10 bits per heavy atom. The molecular weight excluding hydrogens is 368 g/mol. The second kappa shape index (κ2) is 14.3. The highest BCUT2D eigenvalue weighted by Crippen LogP contribution is 2.24. The van der Waals surface area contributed by atoms with Crippen molar-refractivity contribution >= 4 is 0 Å². The van der Waals surface area contributed by atoms with Crippen LogP contribution in [-0.4, -0.2) is 15.1 Å². The van der Waals surface area contributed by atoms with E-state index in [9.17, 15) is 5.11 Å². The van der Waals surface area contributed by atoms with Crippen molar-refractivity contribution in [3.8, 4) is 11.4 Å². The molecule has 0 saturated heterocycles. The normalized spacial score (nSPS) is 13.3. The summed E-state index contributed by atoms with van der Waals surface area (Å²) in [6.07, 6.45) is 18.1. The number of aryl methyl sites for hydroxylation is 1. The molecular formula is C27H42N2O. The van der Waals surface area contributed by atoms with Crippen LogP contribution < -0.4 is 0 Å². The van der Waals surface area contributed by atoms with E-state index in [-0.39, 0.29) is 6.10 Å². The first-order chi connectivity index (χ1) is 14.6. The molecule has 1 N–H and O–H groups in total. The highest BCUT2D eigenvalue weighted by Gasteiger charge is 2.09. The molecule has 1 aromatic carbocycles. The van der Waals surface area contributed by atoms with Crippen LogP contribution in [0, 0.1) is 5.92 Å². The van der Waals surface area contributed by atoms with E-state index in [1.165, 1.54) is 63.4 Å². The minimum absolute atomic E-state index is 0.378. The topological polar surface area (TPSA) is 46.0 Å². The monoisotopic (exact) mass is 410 g/mol. The van der Waals surface area contributed by atoms with Gasteiger partial charge in [-0.1, -0.05) is 103 Å². The molecule has 2 aromatic rings. The van der Waals surface area contributed by atoms with E-state index in [0.717, 1.165) is 42.1 Å². The minimum atomic E-state index is -0.378. The largest absolute Gasteiger partial charge is 0.388 e. The van der Waals surface area contributed by atoms with Gasteiger partial charge >= 0.3 is 0 Å². The van der Waals surface area contributed by atoms with Crippen molar-refractivity contribution in [2.24, 2.45) is 5.92 Å². The van der Waals surface area contributed by atoms with E-state index in [1.807, 2.05) is 36.7 Å². The lowest BCUT2D eigenvalue weighted by molar-refractivity contribution is 0.162. The van der Waals surface area contributed by atoms with Crippen LogP contribution >= 0.6 is 0 Å². The average Bonchev–Trinajstić information content (AvgIpc) is 2.79. The van der Waals surface area contributed by atoms with Crippen molar-refractivity contribution in [2.45, 2.75) is 104 Å². The summed E-state index contributed by atoms with van der Waals surface area (Å²) in [6.45, 7) is 6.80. The SMILES string of the molecule is CCCCCCCCc1cnc(-c2ccc([C@@H](O)CCCCC(C)CC)cc2)nc1. The summed E-state index contributed by atoms with van der Waals surface area (Å²) >= 11 is 0. The summed E-state index contributed by atoms with van der Waals surface area (Å²) in [6, 6.07) is 8.09. The predicted octanol–water partition coefficient (Wildman–Crippen LogP) is 7.69. The lowest BCUT2D eigenvalue weighted by Gasteiger charge is -2.13. The van der Waals surface area contributed by atoms with Crippen molar-refractivity contribution in [1.82, 2.24) is 9.97 Å². The minimum Gasteiger partial charge on any atom is -0.388 e. The molecule has 30 heavy (non-hydrogen) atoms. The maximum absolute atomic E-state index is 10.5. The number of rotatable bonds is 15. The lowest BCUT2D eigenvalue weighted by Crippen LogP contribution is -1.99. The third-order valence-electron chi connectivity index (χ3n) is 6.20. The summed E-state index contributed by atoms with van der Waals surface area (Å²) < 4.78 is 0. The van der Waals surface area contributed by atoms with Gasteiger partial charge in [-0.2, -0.15) is 0 Å². The molecule has 1 aromatic heterocycles. The zero-order chi connectivity index (χ0) is 21.6. The molecule has 0 amide bonds. The number of hydrogen-bond acceptors (Lipinski definition) is 3. The van der Waals surface area contributed by atoms with Crippen LogP contribution in [-0.2, 0) is 6.42 Å². The van der Waals surface area contributed by atoms with Crippen LogP contribution in [0.4, 0.5) is 0 Å². The molecule has 2 rings (SSSR count). The third kappa shape index (κ3) is 8.95. The quantitative estimate of drug-likeness (QED) is 0.306. The maximum Gasteiger partial charge on any atom is 0.159 e. The van der Waals surface area contributed by atoms with Crippen molar-refractivity contribution in [3.63, 3.8) is 0 Å². The van der Waals surface area contributed by atoms with Gasteiger partial charge in [0, 0.05) is 18.0 Å². The van der Waals surface area contributed by atoms with Crippen molar-refractivity contribution in [3.05, 3.63) is 47.8 Å². The van der Waals surface area contributed by atoms with E-state index in [1.54, 1.807) is 0 Å². The molecule has 0 fully saturated rings. The van der Waals surface area contributed by atoms with Gasteiger partial charge in [0.25, 0.3) is 0 Å². The molecule has 0 aliphatic carbocycles. The summed E-state index contributed by atoms with van der Waals surface area (Å²) in [5, 5.41) is 10.5. The van der Waals surface area contributed by atoms with Crippen LogP contribution in [0.2, 0.25) is 0 Å². The molecule has 0 radical (unpaired) electrons. The standard InChI is InChI=1S/C27H42N2O/c1-4-6-7-8-9-10-14-23-20-28-27(29-21-23)25-18-16-24(17-19-25)26(30)15-12-11-13-22(3)5-2/h16-22,26,30H,4-15H2,1-3H3/t22?,26-/m0/s1. The Morgan fingerprint density at radius 2 is 1.43 bits per heavy atom. The first-order valence-electron chi connectivity index (χ1n) is 12.2. The zero-order valence-electron chi connectivity index (χ0n) is 19.4. The predicted molar refractivity (Wildman–Crippen MR) is 127 cm³/mol. The summed E-state index contributed by atoms with van der Waals surface area (Å²) in [5.41, 5.74) is 3.22. The van der Waals surface area contributed by atoms with Gasteiger partial charge in [0.15, 0.2) is 5.82 Å². The van der Waals surface area contributed by atoms with Gasteiger partial charge in [-0.3, -0.25) is 0 Å². The number of nitrogens with zero attached hydrogens (tertiary/aromatic N) is 2. The molecule has 166 valence electrons. The smallest absolute Gasteiger partial charge is 0.159 e.